The van der Waals surface area contributed by atoms with Gasteiger partial charge in [0.2, 0.25) is 5.43 Å². The highest BCUT2D eigenvalue weighted by molar-refractivity contribution is 5.97. The van der Waals surface area contributed by atoms with Gasteiger partial charge in [-0.2, -0.15) is 0 Å². The number of fused-ring (bicyclic) bond motifs is 1. The summed E-state index contributed by atoms with van der Waals surface area (Å²) >= 11 is 0. The van der Waals surface area contributed by atoms with Crippen LogP contribution >= 0.6 is 0 Å². The lowest BCUT2D eigenvalue weighted by atomic mass is 10.1. The first-order valence-corrected chi connectivity index (χ1v) is 8.73. The van der Waals surface area contributed by atoms with Crippen LogP contribution < -0.4 is 15.5 Å². The van der Waals surface area contributed by atoms with E-state index < -0.39 is 5.91 Å². The highest BCUT2D eigenvalue weighted by atomic mass is 19.1. The Morgan fingerprint density at radius 3 is 2.59 bits per heavy atom. The summed E-state index contributed by atoms with van der Waals surface area (Å²) in [5.74, 6) is -0.235. The molecule has 27 heavy (non-hydrogen) atoms. The zero-order chi connectivity index (χ0) is 19.6. The molecule has 0 fully saturated rings. The largest absolute Gasteiger partial charge is 0.494 e. The van der Waals surface area contributed by atoms with Gasteiger partial charge in [-0.05, 0) is 49.7 Å². The summed E-state index contributed by atoms with van der Waals surface area (Å²) in [6.45, 7) is 4.13. The van der Waals surface area contributed by atoms with Gasteiger partial charge in [0.05, 0.1) is 23.6 Å². The van der Waals surface area contributed by atoms with Gasteiger partial charge in [-0.25, -0.2) is 4.39 Å². The molecule has 3 rings (SSSR count). The predicted octanol–water partition coefficient (Wildman–Crippen LogP) is 3.57. The third-order valence-electron chi connectivity index (χ3n) is 4.43. The van der Waals surface area contributed by atoms with Gasteiger partial charge >= 0.3 is 0 Å². The third kappa shape index (κ3) is 3.84. The summed E-state index contributed by atoms with van der Waals surface area (Å²) in [7, 11) is 1.78. The standard InChI is InChI=1S/C21H21FN2O3/c1-4-27-16-9-10-19-17(11-16)20(25)18(12-24(19)3)21(26)23-13(2)14-5-7-15(22)8-6-14/h5-13H,4H2,1-3H3,(H,23,26)/t13-/m1/s1. The number of carbonyl (C=O) groups excluding carboxylic acids is 1. The number of halogens is 1. The van der Waals surface area contributed by atoms with E-state index in [4.69, 9.17) is 4.74 Å². The molecule has 0 aliphatic carbocycles. The van der Waals surface area contributed by atoms with E-state index in [0.29, 0.717) is 23.3 Å². The Bertz CT molecular complexity index is 1040. The Kier molecular flexibility index (Phi) is 5.26. The van der Waals surface area contributed by atoms with Crippen molar-refractivity contribution >= 4 is 16.8 Å². The van der Waals surface area contributed by atoms with Gasteiger partial charge in [0, 0.05) is 13.2 Å². The molecule has 1 N–H and O–H groups in total. The Hall–Kier alpha value is -3.15. The van der Waals surface area contributed by atoms with Crippen molar-refractivity contribution in [1.82, 2.24) is 9.88 Å². The molecule has 5 nitrogen and oxygen atoms in total. The Balaban J connectivity index is 1.95. The molecular formula is C21H21FN2O3. The van der Waals surface area contributed by atoms with E-state index in [1.54, 1.807) is 48.9 Å². The van der Waals surface area contributed by atoms with Crippen LogP contribution in [0.2, 0.25) is 0 Å². The maximum Gasteiger partial charge on any atom is 0.257 e. The van der Waals surface area contributed by atoms with Gasteiger partial charge < -0.3 is 14.6 Å². The van der Waals surface area contributed by atoms with Gasteiger partial charge in [-0.15, -0.1) is 0 Å². The molecule has 1 amide bonds. The van der Waals surface area contributed by atoms with Crippen LogP contribution in [-0.2, 0) is 7.05 Å². The van der Waals surface area contributed by atoms with Gasteiger partial charge in [-0.3, -0.25) is 9.59 Å². The SMILES string of the molecule is CCOc1ccc2c(c1)c(=O)c(C(=O)N[C@H](C)c1ccc(F)cc1)cn2C. The van der Waals surface area contributed by atoms with Gasteiger partial charge in [-0.1, -0.05) is 12.1 Å². The number of aromatic nitrogens is 1. The molecule has 0 spiro atoms. The lowest BCUT2D eigenvalue weighted by Gasteiger charge is -2.15. The number of nitrogens with zero attached hydrogens (tertiary/aromatic N) is 1. The number of benzene rings is 2. The van der Waals surface area contributed by atoms with Crippen LogP contribution in [0.15, 0.2) is 53.5 Å². The van der Waals surface area contributed by atoms with E-state index >= 15 is 0 Å². The zero-order valence-electron chi connectivity index (χ0n) is 15.5. The minimum atomic E-state index is -0.476. The van der Waals surface area contributed by atoms with E-state index in [-0.39, 0.29) is 22.9 Å². The Morgan fingerprint density at radius 1 is 1.22 bits per heavy atom. The second-order valence-electron chi connectivity index (χ2n) is 6.34. The summed E-state index contributed by atoms with van der Waals surface area (Å²) in [6, 6.07) is 10.8. The van der Waals surface area contributed by atoms with Crippen LogP contribution in [0.1, 0.15) is 35.8 Å². The van der Waals surface area contributed by atoms with Crippen LogP contribution in [0.3, 0.4) is 0 Å². The molecule has 2 aromatic carbocycles. The fourth-order valence-corrected chi connectivity index (χ4v) is 3.00. The minimum absolute atomic E-state index is 0.0487. The Morgan fingerprint density at radius 2 is 1.93 bits per heavy atom. The molecule has 0 unspecified atom stereocenters. The van der Waals surface area contributed by atoms with Crippen LogP contribution in [-0.4, -0.2) is 17.1 Å². The topological polar surface area (TPSA) is 60.3 Å². The van der Waals surface area contributed by atoms with Crippen molar-refractivity contribution in [3.8, 4) is 5.75 Å². The number of hydrogen-bond donors (Lipinski definition) is 1. The number of nitrogens with one attached hydrogen (secondary N) is 1. The quantitative estimate of drug-likeness (QED) is 0.749. The first kappa shape index (κ1) is 18.6. The maximum atomic E-state index is 13.1. The highest BCUT2D eigenvalue weighted by Gasteiger charge is 2.17. The molecule has 0 aliphatic rings. The summed E-state index contributed by atoms with van der Waals surface area (Å²) in [6.07, 6.45) is 1.53. The summed E-state index contributed by atoms with van der Waals surface area (Å²) in [4.78, 5) is 25.6. The molecule has 0 aliphatic heterocycles. The molecular weight excluding hydrogens is 347 g/mol. The van der Waals surface area contributed by atoms with E-state index in [9.17, 15) is 14.0 Å². The van der Waals surface area contributed by atoms with Gasteiger partial charge in [0.25, 0.3) is 5.91 Å². The second-order valence-corrected chi connectivity index (χ2v) is 6.34. The van der Waals surface area contributed by atoms with Crippen molar-refractivity contribution in [2.45, 2.75) is 19.9 Å². The first-order valence-electron chi connectivity index (χ1n) is 8.73. The van der Waals surface area contributed by atoms with E-state index in [1.807, 2.05) is 6.92 Å². The second kappa shape index (κ2) is 7.61. The molecule has 1 aromatic heterocycles. The van der Waals surface area contributed by atoms with Crippen LogP contribution in [0, 0.1) is 5.82 Å². The lowest BCUT2D eigenvalue weighted by Crippen LogP contribution is -2.31. The van der Waals surface area contributed by atoms with Gasteiger partial charge in [0.1, 0.15) is 17.1 Å². The summed E-state index contributed by atoms with van der Waals surface area (Å²) in [5, 5.41) is 3.22. The molecule has 1 atom stereocenters. The number of rotatable bonds is 5. The monoisotopic (exact) mass is 368 g/mol. The van der Waals surface area contributed by atoms with Crippen molar-refractivity contribution < 1.29 is 13.9 Å². The fourth-order valence-electron chi connectivity index (χ4n) is 3.00. The molecule has 6 heteroatoms. The third-order valence-corrected chi connectivity index (χ3v) is 4.43. The average Bonchev–Trinajstić information content (AvgIpc) is 2.65. The zero-order valence-corrected chi connectivity index (χ0v) is 15.5. The lowest BCUT2D eigenvalue weighted by molar-refractivity contribution is 0.0938. The number of pyridine rings is 1. The summed E-state index contributed by atoms with van der Waals surface area (Å²) < 4.78 is 20.3. The number of ether oxygens (including phenoxy) is 1. The predicted molar refractivity (Wildman–Crippen MR) is 103 cm³/mol. The molecule has 140 valence electrons. The molecule has 1 heterocycles. The van der Waals surface area contributed by atoms with Crippen LogP contribution in [0.5, 0.6) is 5.75 Å². The normalized spacial score (nSPS) is 12.0. The van der Waals surface area contributed by atoms with Crippen molar-refractivity contribution in [3.05, 3.63) is 75.8 Å². The van der Waals surface area contributed by atoms with E-state index in [1.165, 1.54) is 18.3 Å². The number of amides is 1. The maximum absolute atomic E-state index is 13.1. The number of hydrogen-bond acceptors (Lipinski definition) is 3. The van der Waals surface area contributed by atoms with Crippen LogP contribution in [0.4, 0.5) is 4.39 Å². The molecule has 0 saturated heterocycles. The van der Waals surface area contributed by atoms with E-state index in [2.05, 4.69) is 5.32 Å². The Labute approximate surface area is 156 Å². The smallest absolute Gasteiger partial charge is 0.257 e. The average molecular weight is 368 g/mol. The van der Waals surface area contributed by atoms with Crippen molar-refractivity contribution in [1.29, 1.82) is 0 Å². The number of aryl methyl sites for hydroxylation is 1. The molecule has 3 aromatic rings. The van der Waals surface area contributed by atoms with E-state index in [0.717, 1.165) is 5.56 Å². The van der Waals surface area contributed by atoms with Crippen LogP contribution in [0.25, 0.3) is 10.9 Å². The van der Waals surface area contributed by atoms with Crippen molar-refractivity contribution in [3.63, 3.8) is 0 Å². The molecule has 0 saturated carbocycles. The first-order chi connectivity index (χ1) is 12.9. The van der Waals surface area contributed by atoms with Crippen molar-refractivity contribution in [2.75, 3.05) is 6.61 Å². The van der Waals surface area contributed by atoms with Crippen molar-refractivity contribution in [2.24, 2.45) is 7.05 Å². The number of carbonyl (C=O) groups is 1. The molecule has 0 bridgehead atoms. The van der Waals surface area contributed by atoms with Gasteiger partial charge in [0.15, 0.2) is 0 Å². The summed E-state index contributed by atoms with van der Waals surface area (Å²) in [5.41, 5.74) is 1.16. The molecule has 0 radical (unpaired) electrons. The minimum Gasteiger partial charge on any atom is -0.494 e. The highest BCUT2D eigenvalue weighted by Crippen LogP contribution is 2.19. The fraction of sp³-hybridized carbons (Fsp3) is 0.238.